The topological polar surface area (TPSA) is 34.1 Å². The summed E-state index contributed by atoms with van der Waals surface area (Å²) in [6, 6.07) is 13.5. The van der Waals surface area contributed by atoms with Crippen molar-refractivity contribution in [1.29, 1.82) is 0 Å². The number of ketones is 2. The van der Waals surface area contributed by atoms with Gasteiger partial charge in [0.2, 0.25) is 0 Å². The third kappa shape index (κ3) is 3.29. The van der Waals surface area contributed by atoms with E-state index >= 15 is 0 Å². The van der Waals surface area contributed by atoms with Crippen molar-refractivity contribution < 1.29 is 9.59 Å². The van der Waals surface area contributed by atoms with E-state index in [1.807, 2.05) is 0 Å². The molecule has 134 valence electrons. The molecule has 0 radical (unpaired) electrons. The third-order valence-electron chi connectivity index (χ3n) is 4.90. The molecule has 2 aromatic carbocycles. The van der Waals surface area contributed by atoms with Gasteiger partial charge in [-0.25, -0.2) is 0 Å². The molecule has 26 heavy (non-hydrogen) atoms. The number of rotatable bonds is 1. The molecule has 0 saturated heterocycles. The minimum atomic E-state index is -0.177. The second-order valence-corrected chi connectivity index (χ2v) is 9.11. The Labute approximate surface area is 155 Å². The number of carbonyl (C=O) groups excluding carboxylic acids is 2. The molecule has 0 unspecified atom stereocenters. The highest BCUT2D eigenvalue weighted by atomic mass is 16.2. The lowest BCUT2D eigenvalue weighted by molar-refractivity contribution is 0.0990. The van der Waals surface area contributed by atoms with Crippen LogP contribution in [-0.2, 0) is 10.8 Å². The SMILES string of the molecule is CC(C)(C)c1cc(C=C2C(=O)c3ccccc3C2=O)cc(C(C)(C)C)c1. The minimum Gasteiger partial charge on any atom is -0.288 e. The van der Waals surface area contributed by atoms with Gasteiger partial charge in [0.15, 0.2) is 11.6 Å². The van der Waals surface area contributed by atoms with Gasteiger partial charge in [0.25, 0.3) is 0 Å². The lowest BCUT2D eigenvalue weighted by Gasteiger charge is -2.25. The van der Waals surface area contributed by atoms with Gasteiger partial charge in [-0.05, 0) is 33.6 Å². The van der Waals surface area contributed by atoms with E-state index in [9.17, 15) is 9.59 Å². The molecular weight excluding hydrogens is 320 g/mol. The molecule has 0 N–H and O–H groups in total. The van der Waals surface area contributed by atoms with E-state index in [2.05, 4.69) is 59.7 Å². The van der Waals surface area contributed by atoms with Gasteiger partial charge in [-0.3, -0.25) is 9.59 Å². The molecule has 1 aliphatic rings. The van der Waals surface area contributed by atoms with Crippen molar-refractivity contribution in [1.82, 2.24) is 0 Å². The maximum Gasteiger partial charge on any atom is 0.197 e. The predicted octanol–water partition coefficient (Wildman–Crippen LogP) is 5.74. The van der Waals surface area contributed by atoms with E-state index in [-0.39, 0.29) is 28.0 Å². The molecule has 0 heterocycles. The van der Waals surface area contributed by atoms with E-state index < -0.39 is 0 Å². The molecule has 0 atom stereocenters. The predicted molar refractivity (Wildman–Crippen MR) is 107 cm³/mol. The normalized spacial score (nSPS) is 14.6. The second kappa shape index (κ2) is 6.05. The molecule has 0 bridgehead atoms. The zero-order valence-electron chi connectivity index (χ0n) is 16.4. The van der Waals surface area contributed by atoms with Crippen molar-refractivity contribution in [3.8, 4) is 0 Å². The molecule has 1 aliphatic carbocycles. The largest absolute Gasteiger partial charge is 0.288 e. The van der Waals surface area contributed by atoms with Crippen molar-refractivity contribution in [2.75, 3.05) is 0 Å². The first-order valence-electron chi connectivity index (χ1n) is 9.04. The van der Waals surface area contributed by atoms with Crippen molar-refractivity contribution in [2.24, 2.45) is 0 Å². The van der Waals surface area contributed by atoms with E-state index in [0.717, 1.165) is 5.56 Å². The average Bonchev–Trinajstić information content (AvgIpc) is 2.78. The van der Waals surface area contributed by atoms with Gasteiger partial charge in [0.1, 0.15) is 0 Å². The van der Waals surface area contributed by atoms with Crippen LogP contribution in [0.3, 0.4) is 0 Å². The Hall–Kier alpha value is -2.48. The van der Waals surface area contributed by atoms with Gasteiger partial charge in [-0.1, -0.05) is 84.0 Å². The van der Waals surface area contributed by atoms with E-state index in [1.165, 1.54) is 11.1 Å². The van der Waals surface area contributed by atoms with E-state index in [4.69, 9.17) is 0 Å². The number of benzene rings is 2. The molecule has 2 aromatic rings. The van der Waals surface area contributed by atoms with Crippen LogP contribution in [0, 0.1) is 0 Å². The highest BCUT2D eigenvalue weighted by molar-refractivity contribution is 6.41. The van der Waals surface area contributed by atoms with Gasteiger partial charge in [-0.2, -0.15) is 0 Å². The summed E-state index contributed by atoms with van der Waals surface area (Å²) in [5.41, 5.74) is 4.56. The molecule has 0 aliphatic heterocycles. The van der Waals surface area contributed by atoms with Crippen LogP contribution in [0.25, 0.3) is 6.08 Å². The Kier molecular flexibility index (Phi) is 4.26. The van der Waals surface area contributed by atoms with Crippen LogP contribution < -0.4 is 0 Å². The Morgan fingerprint density at radius 3 is 1.50 bits per heavy atom. The van der Waals surface area contributed by atoms with Crippen LogP contribution in [0.2, 0.25) is 0 Å². The van der Waals surface area contributed by atoms with Gasteiger partial charge < -0.3 is 0 Å². The molecule has 0 fully saturated rings. The van der Waals surface area contributed by atoms with Crippen LogP contribution in [0.1, 0.15) is 78.9 Å². The molecular formula is C24H26O2. The van der Waals surface area contributed by atoms with E-state index in [1.54, 1.807) is 30.3 Å². The monoisotopic (exact) mass is 346 g/mol. The van der Waals surface area contributed by atoms with Gasteiger partial charge in [0, 0.05) is 11.1 Å². The number of carbonyl (C=O) groups is 2. The first-order chi connectivity index (χ1) is 12.0. The lowest BCUT2D eigenvalue weighted by Crippen LogP contribution is -2.16. The molecule has 0 amide bonds. The van der Waals surface area contributed by atoms with Crippen molar-refractivity contribution in [3.05, 3.63) is 75.9 Å². The standard InChI is InChI=1S/C24H26O2/c1-23(2,3)16-11-15(12-17(14-16)24(4,5)6)13-20-21(25)18-9-7-8-10-19(18)22(20)26/h7-14H,1-6H3. The summed E-state index contributed by atoms with van der Waals surface area (Å²) < 4.78 is 0. The van der Waals surface area contributed by atoms with Crippen LogP contribution in [0.4, 0.5) is 0 Å². The van der Waals surface area contributed by atoms with Crippen molar-refractivity contribution in [3.63, 3.8) is 0 Å². The summed E-state index contributed by atoms with van der Waals surface area (Å²) in [5.74, 6) is -0.354. The molecule has 0 saturated carbocycles. The molecule has 3 rings (SSSR count). The minimum absolute atomic E-state index is 0.0127. The summed E-state index contributed by atoms with van der Waals surface area (Å²) in [4.78, 5) is 25.4. The highest BCUT2D eigenvalue weighted by Crippen LogP contribution is 2.33. The first kappa shape index (κ1) is 18.3. The summed E-state index contributed by atoms with van der Waals surface area (Å²) >= 11 is 0. The maximum absolute atomic E-state index is 12.7. The van der Waals surface area contributed by atoms with E-state index in [0.29, 0.717) is 11.1 Å². The number of hydrogen-bond donors (Lipinski definition) is 0. The molecule has 0 spiro atoms. The smallest absolute Gasteiger partial charge is 0.197 e. The molecule has 2 nitrogen and oxygen atoms in total. The van der Waals surface area contributed by atoms with Crippen LogP contribution in [0.15, 0.2) is 48.0 Å². The maximum atomic E-state index is 12.7. The van der Waals surface area contributed by atoms with Crippen LogP contribution in [0.5, 0.6) is 0 Å². The Morgan fingerprint density at radius 2 is 1.12 bits per heavy atom. The van der Waals surface area contributed by atoms with Crippen LogP contribution in [-0.4, -0.2) is 11.6 Å². The zero-order chi connectivity index (χ0) is 19.3. The quantitative estimate of drug-likeness (QED) is 0.487. The second-order valence-electron chi connectivity index (χ2n) is 9.11. The lowest BCUT2D eigenvalue weighted by atomic mass is 9.79. The summed E-state index contributed by atoms with van der Waals surface area (Å²) in [6.45, 7) is 13.0. The Morgan fingerprint density at radius 1 is 0.692 bits per heavy atom. The van der Waals surface area contributed by atoms with Crippen molar-refractivity contribution in [2.45, 2.75) is 52.4 Å². The third-order valence-corrected chi connectivity index (χ3v) is 4.90. The first-order valence-corrected chi connectivity index (χ1v) is 9.04. The van der Waals surface area contributed by atoms with Crippen LogP contribution >= 0.6 is 0 Å². The zero-order valence-corrected chi connectivity index (χ0v) is 16.4. The fourth-order valence-corrected chi connectivity index (χ4v) is 3.17. The molecule has 0 aromatic heterocycles. The summed E-state index contributed by atoms with van der Waals surface area (Å²) in [6.07, 6.45) is 1.76. The average molecular weight is 346 g/mol. The number of allylic oxidation sites excluding steroid dienone is 1. The van der Waals surface area contributed by atoms with Crippen molar-refractivity contribution >= 4 is 17.6 Å². The molecule has 2 heteroatoms. The number of hydrogen-bond acceptors (Lipinski definition) is 2. The summed E-state index contributed by atoms with van der Waals surface area (Å²) in [5, 5.41) is 0. The number of fused-ring (bicyclic) bond motifs is 1. The Balaban J connectivity index is 2.15. The fraction of sp³-hybridized carbons (Fsp3) is 0.333. The highest BCUT2D eigenvalue weighted by Gasteiger charge is 2.32. The Bertz CT molecular complexity index is 862. The number of Topliss-reactive ketones (excluding diaryl/α,β-unsaturated/α-hetero) is 2. The summed E-state index contributed by atoms with van der Waals surface area (Å²) in [7, 11) is 0. The van der Waals surface area contributed by atoms with Gasteiger partial charge in [0.05, 0.1) is 5.57 Å². The van der Waals surface area contributed by atoms with Gasteiger partial charge in [-0.15, -0.1) is 0 Å². The van der Waals surface area contributed by atoms with Gasteiger partial charge >= 0.3 is 0 Å². The fourth-order valence-electron chi connectivity index (χ4n) is 3.17.